The number of hydrogen-bond acceptors (Lipinski definition) is 2. The average Bonchev–Trinajstić information content (AvgIpc) is 3.34. The lowest BCUT2D eigenvalue weighted by molar-refractivity contribution is 0.0666. The van der Waals surface area contributed by atoms with Crippen molar-refractivity contribution in [1.29, 1.82) is 0 Å². The molecule has 0 bridgehead atoms. The minimum atomic E-state index is 0.0950. The van der Waals surface area contributed by atoms with Crippen LogP contribution in [0.15, 0.2) is 72.2 Å². The summed E-state index contributed by atoms with van der Waals surface area (Å²) < 4.78 is 2.05. The first-order chi connectivity index (χ1) is 13.7. The molecule has 0 radical (unpaired) electrons. The second-order valence-electron chi connectivity index (χ2n) is 7.43. The van der Waals surface area contributed by atoms with Gasteiger partial charge in [0.1, 0.15) is 0 Å². The highest BCUT2D eigenvalue weighted by Gasteiger charge is 2.33. The first-order valence-electron chi connectivity index (χ1n) is 9.67. The zero-order valence-electron chi connectivity index (χ0n) is 15.8. The molecule has 1 unspecified atom stereocenters. The van der Waals surface area contributed by atoms with Crippen LogP contribution in [0.1, 0.15) is 32.4 Å². The summed E-state index contributed by atoms with van der Waals surface area (Å²) in [5.41, 5.74) is 4.56. The number of nitrogens with zero attached hydrogens (tertiary/aromatic N) is 2. The molecular formula is C24H22N2OS. The summed E-state index contributed by atoms with van der Waals surface area (Å²) in [6.45, 7) is 0.767. The van der Waals surface area contributed by atoms with Crippen molar-refractivity contribution < 1.29 is 4.79 Å². The minimum absolute atomic E-state index is 0.0950. The fraction of sp³-hybridized carbons (Fsp3) is 0.208. The van der Waals surface area contributed by atoms with Gasteiger partial charge in [-0.25, -0.2) is 0 Å². The van der Waals surface area contributed by atoms with E-state index in [-0.39, 0.29) is 11.9 Å². The number of aryl methyl sites for hydroxylation is 1. The van der Waals surface area contributed by atoms with Crippen LogP contribution in [-0.4, -0.2) is 21.9 Å². The Hall–Kier alpha value is -2.85. The topological polar surface area (TPSA) is 25.2 Å². The third-order valence-corrected chi connectivity index (χ3v) is 6.80. The number of benzene rings is 2. The summed E-state index contributed by atoms with van der Waals surface area (Å²) in [7, 11) is 2.01. The van der Waals surface area contributed by atoms with Gasteiger partial charge in [0.05, 0.1) is 11.6 Å². The molecule has 0 saturated heterocycles. The van der Waals surface area contributed by atoms with Gasteiger partial charge < -0.3 is 9.47 Å². The molecule has 0 spiro atoms. The second-order valence-corrected chi connectivity index (χ2v) is 8.38. The second kappa shape index (κ2) is 6.95. The first kappa shape index (κ1) is 17.3. The Morgan fingerprint density at radius 2 is 1.86 bits per heavy atom. The number of amides is 1. The van der Waals surface area contributed by atoms with Crippen molar-refractivity contribution in [3.05, 3.63) is 93.8 Å². The van der Waals surface area contributed by atoms with Crippen molar-refractivity contribution in [3.63, 3.8) is 0 Å². The molecule has 140 valence electrons. The zero-order valence-corrected chi connectivity index (χ0v) is 16.7. The number of carbonyl (C=O) groups excluding carboxylic acids is 1. The van der Waals surface area contributed by atoms with E-state index in [1.807, 2.05) is 31.4 Å². The molecule has 4 aromatic rings. The smallest absolute Gasteiger partial charge is 0.256 e. The molecule has 4 heteroatoms. The lowest BCUT2D eigenvalue weighted by Crippen LogP contribution is -2.40. The Morgan fingerprint density at radius 1 is 1.07 bits per heavy atom. The zero-order chi connectivity index (χ0) is 19.1. The fourth-order valence-corrected chi connectivity index (χ4v) is 5.40. The normalized spacial score (nSPS) is 16.3. The minimum Gasteiger partial charge on any atom is -0.350 e. The monoisotopic (exact) mass is 386 g/mol. The maximum Gasteiger partial charge on any atom is 0.256 e. The van der Waals surface area contributed by atoms with Gasteiger partial charge in [-0.2, -0.15) is 0 Å². The van der Waals surface area contributed by atoms with Crippen LogP contribution in [0.4, 0.5) is 0 Å². The molecule has 5 rings (SSSR count). The molecule has 0 saturated carbocycles. The van der Waals surface area contributed by atoms with Gasteiger partial charge in [0.15, 0.2) is 0 Å². The summed E-state index contributed by atoms with van der Waals surface area (Å²) in [6.07, 6.45) is 3.77. The van der Waals surface area contributed by atoms with E-state index in [0.29, 0.717) is 0 Å². The van der Waals surface area contributed by atoms with Crippen molar-refractivity contribution in [1.82, 2.24) is 9.47 Å². The van der Waals surface area contributed by atoms with Crippen molar-refractivity contribution in [2.75, 3.05) is 6.54 Å². The van der Waals surface area contributed by atoms with Gasteiger partial charge in [0, 0.05) is 35.6 Å². The Kier molecular flexibility index (Phi) is 4.29. The van der Waals surface area contributed by atoms with Gasteiger partial charge in [-0.3, -0.25) is 4.79 Å². The van der Waals surface area contributed by atoms with E-state index in [9.17, 15) is 4.79 Å². The maximum absolute atomic E-state index is 13.7. The van der Waals surface area contributed by atoms with Gasteiger partial charge in [0.2, 0.25) is 0 Å². The van der Waals surface area contributed by atoms with Crippen LogP contribution >= 0.6 is 11.3 Å². The van der Waals surface area contributed by atoms with Crippen LogP contribution < -0.4 is 0 Å². The number of aromatic nitrogens is 1. The third kappa shape index (κ3) is 2.85. The van der Waals surface area contributed by atoms with Gasteiger partial charge in [-0.15, -0.1) is 11.3 Å². The van der Waals surface area contributed by atoms with Crippen LogP contribution in [0.2, 0.25) is 0 Å². The SMILES string of the molecule is Cn1cc(C(=O)N2CCc3ccsc3C2Cc2ccccc2)c2ccccc21. The summed E-state index contributed by atoms with van der Waals surface area (Å²) in [5.74, 6) is 0.136. The molecule has 0 aliphatic carbocycles. The predicted molar refractivity (Wildman–Crippen MR) is 115 cm³/mol. The number of carbonyl (C=O) groups is 1. The predicted octanol–water partition coefficient (Wildman–Crippen LogP) is 5.22. The molecule has 28 heavy (non-hydrogen) atoms. The molecule has 1 amide bonds. The van der Waals surface area contributed by atoms with Crippen LogP contribution in [0.3, 0.4) is 0 Å². The first-order valence-corrected chi connectivity index (χ1v) is 10.6. The molecule has 3 heterocycles. The van der Waals surface area contributed by atoms with Gasteiger partial charge in [0.25, 0.3) is 5.91 Å². The average molecular weight is 387 g/mol. The van der Waals surface area contributed by atoms with Crippen LogP contribution in [0.25, 0.3) is 10.9 Å². The van der Waals surface area contributed by atoms with Gasteiger partial charge in [-0.05, 0) is 41.5 Å². The number of rotatable bonds is 3. The van der Waals surface area contributed by atoms with E-state index in [1.54, 1.807) is 11.3 Å². The van der Waals surface area contributed by atoms with Crippen LogP contribution in [0.5, 0.6) is 0 Å². The number of thiophene rings is 1. The van der Waals surface area contributed by atoms with Gasteiger partial charge in [-0.1, -0.05) is 48.5 Å². The van der Waals surface area contributed by atoms with Crippen LogP contribution in [0, 0.1) is 0 Å². The van der Waals surface area contributed by atoms with Crippen molar-refractivity contribution >= 4 is 28.1 Å². The van der Waals surface area contributed by atoms with E-state index >= 15 is 0 Å². The summed E-state index contributed by atoms with van der Waals surface area (Å²) in [6, 6.07) is 21.0. The summed E-state index contributed by atoms with van der Waals surface area (Å²) in [4.78, 5) is 17.1. The largest absolute Gasteiger partial charge is 0.350 e. The standard InChI is InChI=1S/C24H22N2OS/c1-25-16-20(19-9-5-6-10-21(19)25)24(27)26-13-11-18-12-14-28-23(18)22(26)15-17-7-3-2-4-8-17/h2-10,12,14,16,22H,11,13,15H2,1H3. The Bertz CT molecular complexity index is 1140. The molecule has 2 aromatic heterocycles. The summed E-state index contributed by atoms with van der Waals surface area (Å²) >= 11 is 1.78. The van der Waals surface area contributed by atoms with E-state index in [0.717, 1.165) is 35.9 Å². The lowest BCUT2D eigenvalue weighted by atomic mass is 9.95. The maximum atomic E-state index is 13.7. The number of fused-ring (bicyclic) bond motifs is 2. The molecule has 1 atom stereocenters. The van der Waals surface area contributed by atoms with E-state index in [2.05, 4.69) is 57.3 Å². The van der Waals surface area contributed by atoms with Crippen molar-refractivity contribution in [2.45, 2.75) is 18.9 Å². The van der Waals surface area contributed by atoms with Crippen molar-refractivity contribution in [3.8, 4) is 0 Å². The number of hydrogen-bond donors (Lipinski definition) is 0. The summed E-state index contributed by atoms with van der Waals surface area (Å²) in [5, 5.41) is 3.19. The molecule has 3 nitrogen and oxygen atoms in total. The highest BCUT2D eigenvalue weighted by atomic mass is 32.1. The van der Waals surface area contributed by atoms with Crippen molar-refractivity contribution in [2.24, 2.45) is 7.05 Å². The fourth-order valence-electron chi connectivity index (χ4n) is 4.33. The molecule has 1 aliphatic rings. The quantitative estimate of drug-likeness (QED) is 0.474. The molecule has 0 fully saturated rings. The Labute approximate surface area is 168 Å². The Balaban J connectivity index is 1.56. The highest BCUT2D eigenvalue weighted by Crippen LogP contribution is 2.37. The lowest BCUT2D eigenvalue weighted by Gasteiger charge is -2.36. The molecule has 1 aliphatic heterocycles. The molecule has 2 aromatic carbocycles. The Morgan fingerprint density at radius 3 is 2.71 bits per heavy atom. The third-order valence-electron chi connectivity index (χ3n) is 5.74. The van der Waals surface area contributed by atoms with E-state index in [1.165, 1.54) is 16.0 Å². The molecular weight excluding hydrogens is 364 g/mol. The van der Waals surface area contributed by atoms with Crippen LogP contribution in [-0.2, 0) is 19.9 Å². The highest BCUT2D eigenvalue weighted by molar-refractivity contribution is 7.10. The van der Waals surface area contributed by atoms with E-state index in [4.69, 9.17) is 0 Å². The van der Waals surface area contributed by atoms with Gasteiger partial charge >= 0.3 is 0 Å². The molecule has 0 N–H and O–H groups in total. The number of para-hydroxylation sites is 1. The van der Waals surface area contributed by atoms with E-state index < -0.39 is 0 Å².